The summed E-state index contributed by atoms with van der Waals surface area (Å²) in [5.41, 5.74) is 6.86. The van der Waals surface area contributed by atoms with Crippen LogP contribution >= 0.6 is 0 Å². The quantitative estimate of drug-likeness (QED) is 0.208. The number of carbonyl (C=O) groups excluding carboxylic acids is 1. The highest BCUT2D eigenvalue weighted by Gasteiger charge is 2.18. The van der Waals surface area contributed by atoms with Crippen LogP contribution in [0.4, 0.5) is 4.39 Å². The van der Waals surface area contributed by atoms with E-state index in [1.54, 1.807) is 36.5 Å². The molecule has 6 rings (SSSR count). The molecule has 7 heteroatoms. The Hall–Kier alpha value is -5.56. The van der Waals surface area contributed by atoms with E-state index >= 15 is 0 Å². The zero-order chi connectivity index (χ0) is 29.1. The average Bonchev–Trinajstić information content (AvgIpc) is 3.43. The number of nitrogens with one attached hydrogen (secondary N) is 1. The Labute approximate surface area is 241 Å². The number of carbonyl (C=O) groups is 2. The fraction of sp³-hybridized carbons (Fsp3) is 0.0571. The van der Waals surface area contributed by atoms with Gasteiger partial charge < -0.3 is 10.4 Å². The van der Waals surface area contributed by atoms with Gasteiger partial charge in [-0.15, -0.1) is 0 Å². The fourth-order valence-corrected chi connectivity index (χ4v) is 5.03. The Morgan fingerprint density at radius 2 is 1.45 bits per heavy atom. The number of halogens is 1. The first-order valence-electron chi connectivity index (χ1n) is 13.4. The summed E-state index contributed by atoms with van der Waals surface area (Å²) < 4.78 is 15.5. The van der Waals surface area contributed by atoms with Gasteiger partial charge in [-0.2, -0.15) is 5.10 Å². The molecular weight excluding hydrogens is 529 g/mol. The third-order valence-electron chi connectivity index (χ3n) is 7.18. The number of nitrogens with zero attached hydrogens (tertiary/aromatic N) is 2. The van der Waals surface area contributed by atoms with Crippen LogP contribution in [0.2, 0.25) is 0 Å². The normalized spacial score (nSPS) is 11.0. The van der Waals surface area contributed by atoms with Gasteiger partial charge in [0.2, 0.25) is 0 Å². The number of fused-ring (bicyclic) bond motifs is 1. The lowest BCUT2D eigenvalue weighted by atomic mass is 9.99. The van der Waals surface area contributed by atoms with E-state index in [4.69, 9.17) is 5.11 Å². The van der Waals surface area contributed by atoms with Crippen LogP contribution < -0.4 is 5.32 Å². The molecule has 1 heterocycles. The van der Waals surface area contributed by atoms with Gasteiger partial charge in [-0.3, -0.25) is 9.48 Å². The number of benzene rings is 5. The Balaban J connectivity index is 1.36. The van der Waals surface area contributed by atoms with Crippen LogP contribution in [-0.2, 0) is 13.1 Å². The van der Waals surface area contributed by atoms with Crippen LogP contribution in [0.3, 0.4) is 0 Å². The van der Waals surface area contributed by atoms with Gasteiger partial charge in [-0.1, -0.05) is 72.8 Å². The van der Waals surface area contributed by atoms with E-state index in [0.29, 0.717) is 17.6 Å². The largest absolute Gasteiger partial charge is 0.478 e. The molecule has 0 fully saturated rings. The summed E-state index contributed by atoms with van der Waals surface area (Å²) in [5.74, 6) is -1.64. The van der Waals surface area contributed by atoms with E-state index in [-0.39, 0.29) is 23.8 Å². The Morgan fingerprint density at radius 1 is 0.738 bits per heavy atom. The number of amides is 1. The molecule has 5 aromatic carbocycles. The molecule has 1 amide bonds. The number of carboxylic acid groups (broad SMARTS) is 1. The van der Waals surface area contributed by atoms with Crippen molar-refractivity contribution in [2.24, 2.45) is 0 Å². The number of rotatable bonds is 8. The zero-order valence-electron chi connectivity index (χ0n) is 22.5. The highest BCUT2D eigenvalue weighted by Crippen LogP contribution is 2.29. The molecule has 42 heavy (non-hydrogen) atoms. The van der Waals surface area contributed by atoms with Gasteiger partial charge in [0.25, 0.3) is 5.91 Å². The van der Waals surface area contributed by atoms with Crippen molar-refractivity contribution in [1.82, 2.24) is 15.1 Å². The van der Waals surface area contributed by atoms with Gasteiger partial charge in [-0.05, 0) is 75.8 Å². The minimum atomic E-state index is -1.01. The Bertz CT molecular complexity index is 1900. The third-order valence-corrected chi connectivity index (χ3v) is 7.18. The van der Waals surface area contributed by atoms with Crippen LogP contribution in [0.15, 0.2) is 121 Å². The maximum atomic E-state index is 13.7. The standard InChI is InChI=1S/C35H26FN3O3/c36-31-15-13-26(14-16-31)29-18-30-21-38-39(22-24-5-4-8-28(17-24)25-6-2-1-3-7-25)33(30)32(19-29)34(40)37-20-23-9-11-27(12-10-23)35(41)42/h1-19,21H,20,22H2,(H,37,40)(H,41,42). The first kappa shape index (κ1) is 26.7. The summed E-state index contributed by atoms with van der Waals surface area (Å²) in [7, 11) is 0. The van der Waals surface area contributed by atoms with Crippen LogP contribution in [0.5, 0.6) is 0 Å². The molecule has 0 atom stereocenters. The third kappa shape index (κ3) is 5.67. The van der Waals surface area contributed by atoms with Crippen LogP contribution in [0.1, 0.15) is 31.8 Å². The van der Waals surface area contributed by atoms with Gasteiger partial charge in [0.15, 0.2) is 0 Å². The van der Waals surface area contributed by atoms with Crippen molar-refractivity contribution in [3.05, 3.63) is 150 Å². The molecule has 2 N–H and O–H groups in total. The van der Waals surface area contributed by atoms with Gasteiger partial charge in [-0.25, -0.2) is 9.18 Å². The van der Waals surface area contributed by atoms with Gasteiger partial charge in [0, 0.05) is 11.9 Å². The lowest BCUT2D eigenvalue weighted by Gasteiger charge is -2.13. The first-order valence-corrected chi connectivity index (χ1v) is 13.4. The monoisotopic (exact) mass is 555 g/mol. The SMILES string of the molecule is O=C(O)c1ccc(CNC(=O)c2cc(-c3ccc(F)cc3)cc3cnn(Cc4cccc(-c5ccccc5)c4)c23)cc1. The topological polar surface area (TPSA) is 84.2 Å². The Kier molecular flexibility index (Phi) is 7.30. The van der Waals surface area contributed by atoms with E-state index in [0.717, 1.165) is 38.8 Å². The van der Waals surface area contributed by atoms with Crippen molar-refractivity contribution < 1.29 is 19.1 Å². The van der Waals surface area contributed by atoms with Crippen molar-refractivity contribution in [3.63, 3.8) is 0 Å². The maximum absolute atomic E-state index is 13.7. The van der Waals surface area contributed by atoms with E-state index in [1.807, 2.05) is 41.1 Å². The molecule has 6 aromatic rings. The highest BCUT2D eigenvalue weighted by molar-refractivity contribution is 6.07. The summed E-state index contributed by atoms with van der Waals surface area (Å²) in [6.45, 7) is 0.672. The minimum Gasteiger partial charge on any atom is -0.478 e. The van der Waals surface area contributed by atoms with Crippen molar-refractivity contribution in [2.75, 3.05) is 0 Å². The molecule has 0 aliphatic rings. The summed E-state index contributed by atoms with van der Waals surface area (Å²) in [5, 5.41) is 17.6. The second kappa shape index (κ2) is 11.5. The van der Waals surface area contributed by atoms with E-state index in [2.05, 4.69) is 34.7 Å². The molecule has 0 spiro atoms. The molecule has 0 aliphatic carbocycles. The molecule has 6 nitrogen and oxygen atoms in total. The van der Waals surface area contributed by atoms with E-state index < -0.39 is 5.97 Å². The number of aromatic carboxylic acids is 1. The summed E-state index contributed by atoms with van der Waals surface area (Å²) in [6.07, 6.45) is 1.74. The Morgan fingerprint density at radius 3 is 2.19 bits per heavy atom. The van der Waals surface area contributed by atoms with Crippen molar-refractivity contribution in [3.8, 4) is 22.3 Å². The number of aromatic nitrogens is 2. The molecule has 0 saturated carbocycles. The molecule has 0 radical (unpaired) electrons. The molecule has 0 saturated heterocycles. The number of carboxylic acids is 1. The molecule has 0 bridgehead atoms. The highest BCUT2D eigenvalue weighted by atomic mass is 19.1. The number of hydrogen-bond donors (Lipinski definition) is 2. The average molecular weight is 556 g/mol. The molecule has 0 aliphatic heterocycles. The van der Waals surface area contributed by atoms with Crippen LogP contribution in [0, 0.1) is 5.82 Å². The van der Waals surface area contributed by atoms with Crippen molar-refractivity contribution in [2.45, 2.75) is 13.1 Å². The predicted molar refractivity (Wildman–Crippen MR) is 161 cm³/mol. The van der Waals surface area contributed by atoms with Crippen molar-refractivity contribution >= 4 is 22.8 Å². The fourth-order valence-electron chi connectivity index (χ4n) is 5.03. The molecule has 0 unspecified atom stereocenters. The maximum Gasteiger partial charge on any atom is 0.335 e. The van der Waals surface area contributed by atoms with Crippen molar-refractivity contribution in [1.29, 1.82) is 0 Å². The molecule has 206 valence electrons. The molecular formula is C35H26FN3O3. The smallest absolute Gasteiger partial charge is 0.335 e. The van der Waals surface area contributed by atoms with E-state index in [1.165, 1.54) is 24.3 Å². The lowest BCUT2D eigenvalue weighted by molar-refractivity contribution is 0.0696. The van der Waals surface area contributed by atoms with Crippen LogP contribution in [0.25, 0.3) is 33.2 Å². The second-order valence-corrected chi connectivity index (χ2v) is 10.0. The van der Waals surface area contributed by atoms with Gasteiger partial charge >= 0.3 is 5.97 Å². The predicted octanol–water partition coefficient (Wildman–Crippen LogP) is 7.19. The second-order valence-electron chi connectivity index (χ2n) is 10.0. The molecule has 1 aromatic heterocycles. The summed E-state index contributed by atoms with van der Waals surface area (Å²) in [4.78, 5) is 24.9. The van der Waals surface area contributed by atoms with Gasteiger partial charge in [0.1, 0.15) is 5.82 Å². The zero-order valence-corrected chi connectivity index (χ0v) is 22.5. The number of hydrogen-bond acceptors (Lipinski definition) is 3. The summed E-state index contributed by atoms with van der Waals surface area (Å²) in [6, 6.07) is 34.7. The minimum absolute atomic E-state index is 0.180. The van der Waals surface area contributed by atoms with Crippen LogP contribution in [-0.4, -0.2) is 26.8 Å². The van der Waals surface area contributed by atoms with E-state index in [9.17, 15) is 14.0 Å². The first-order chi connectivity index (χ1) is 20.4. The summed E-state index contributed by atoms with van der Waals surface area (Å²) >= 11 is 0. The lowest BCUT2D eigenvalue weighted by Crippen LogP contribution is -2.24. The van der Waals surface area contributed by atoms with Gasteiger partial charge in [0.05, 0.1) is 29.4 Å².